The van der Waals surface area contributed by atoms with Crippen LogP contribution in [0.2, 0.25) is 0 Å². The highest BCUT2D eigenvalue weighted by Crippen LogP contribution is 2.21. The van der Waals surface area contributed by atoms with Gasteiger partial charge in [-0.05, 0) is 17.0 Å². The van der Waals surface area contributed by atoms with E-state index < -0.39 is 0 Å². The van der Waals surface area contributed by atoms with Crippen molar-refractivity contribution >= 4 is 17.4 Å². The summed E-state index contributed by atoms with van der Waals surface area (Å²) in [6, 6.07) is 14.4. The Hall–Kier alpha value is -1.89. The van der Waals surface area contributed by atoms with Gasteiger partial charge in [0.15, 0.2) is 0 Å². The van der Waals surface area contributed by atoms with Gasteiger partial charge in [0.25, 0.3) is 0 Å². The van der Waals surface area contributed by atoms with Gasteiger partial charge in [-0.3, -0.25) is 4.90 Å². The number of urea groups is 1. The van der Waals surface area contributed by atoms with Gasteiger partial charge in [-0.2, -0.15) is 0 Å². The molecule has 5 nitrogen and oxygen atoms in total. The molecule has 1 aliphatic heterocycles. The van der Waals surface area contributed by atoms with Crippen molar-refractivity contribution < 1.29 is 9.53 Å². The summed E-state index contributed by atoms with van der Waals surface area (Å²) in [6.07, 6.45) is 0. The average molecular weight is 345 g/mol. The Bertz CT molecular complexity index is 612. The van der Waals surface area contributed by atoms with Gasteiger partial charge in [0, 0.05) is 24.5 Å². The van der Waals surface area contributed by atoms with E-state index in [1.165, 1.54) is 5.56 Å². The molecule has 0 spiro atoms. The Balaban J connectivity index is 1.56. The fourth-order valence-corrected chi connectivity index (χ4v) is 3.50. The number of hydrogen-bond donors (Lipinski definition) is 2. The fraction of sp³-hybridized carbons (Fsp3) is 0.389. The van der Waals surface area contributed by atoms with E-state index in [4.69, 9.17) is 4.74 Å². The number of nitrogens with zero attached hydrogens (tertiary/aromatic N) is 1. The number of benzene rings is 1. The van der Waals surface area contributed by atoms with Crippen LogP contribution in [0, 0.1) is 0 Å². The van der Waals surface area contributed by atoms with Crippen LogP contribution >= 0.6 is 11.3 Å². The largest absolute Gasteiger partial charge is 0.379 e. The normalized spacial score (nSPS) is 16.5. The third-order valence-electron chi connectivity index (χ3n) is 4.13. The molecule has 1 atom stereocenters. The molecule has 3 rings (SSSR count). The molecule has 128 valence electrons. The Morgan fingerprint density at radius 2 is 1.92 bits per heavy atom. The molecule has 1 saturated heterocycles. The van der Waals surface area contributed by atoms with Crippen molar-refractivity contribution in [3.05, 3.63) is 58.3 Å². The average Bonchev–Trinajstić information content (AvgIpc) is 3.16. The number of rotatable bonds is 6. The minimum atomic E-state index is -0.127. The molecule has 1 fully saturated rings. The maximum absolute atomic E-state index is 12.1. The molecule has 2 amide bonds. The summed E-state index contributed by atoms with van der Waals surface area (Å²) in [5.41, 5.74) is 1.22. The Morgan fingerprint density at radius 1 is 1.12 bits per heavy atom. The highest BCUT2D eigenvalue weighted by Gasteiger charge is 2.22. The molecule has 2 aromatic rings. The first-order valence-corrected chi connectivity index (χ1v) is 9.12. The number of amides is 2. The summed E-state index contributed by atoms with van der Waals surface area (Å²) < 4.78 is 5.45. The van der Waals surface area contributed by atoms with Crippen LogP contribution in [0.4, 0.5) is 4.79 Å². The predicted molar refractivity (Wildman–Crippen MR) is 96.1 cm³/mol. The van der Waals surface area contributed by atoms with Gasteiger partial charge in [0.1, 0.15) is 0 Å². The van der Waals surface area contributed by atoms with Gasteiger partial charge in [-0.15, -0.1) is 11.3 Å². The lowest BCUT2D eigenvalue weighted by Gasteiger charge is -2.34. The summed E-state index contributed by atoms with van der Waals surface area (Å²) >= 11 is 1.64. The van der Waals surface area contributed by atoms with E-state index >= 15 is 0 Å². The van der Waals surface area contributed by atoms with Crippen LogP contribution in [0.1, 0.15) is 16.5 Å². The molecule has 6 heteroatoms. The standard InChI is InChI=1S/C18H23N3O2S/c22-18(19-13-16-7-4-12-24-16)20-14-17(15-5-2-1-3-6-15)21-8-10-23-11-9-21/h1-7,12,17H,8-11,13-14H2,(H2,19,20,22). The first-order valence-electron chi connectivity index (χ1n) is 8.24. The van der Waals surface area contributed by atoms with E-state index in [9.17, 15) is 4.79 Å². The van der Waals surface area contributed by atoms with E-state index in [-0.39, 0.29) is 12.1 Å². The Morgan fingerprint density at radius 3 is 2.62 bits per heavy atom. The highest BCUT2D eigenvalue weighted by atomic mass is 32.1. The fourth-order valence-electron chi connectivity index (χ4n) is 2.85. The number of carbonyl (C=O) groups is 1. The number of thiophene rings is 1. The second-order valence-electron chi connectivity index (χ2n) is 5.72. The Labute approximate surface area is 146 Å². The van der Waals surface area contributed by atoms with Crippen LogP contribution in [0.25, 0.3) is 0 Å². The maximum Gasteiger partial charge on any atom is 0.315 e. The van der Waals surface area contributed by atoms with Crippen LogP contribution in [0.15, 0.2) is 47.8 Å². The van der Waals surface area contributed by atoms with E-state index in [0.717, 1.165) is 31.2 Å². The summed E-state index contributed by atoms with van der Waals surface area (Å²) in [6.45, 7) is 4.41. The van der Waals surface area contributed by atoms with Crippen LogP contribution in [-0.2, 0) is 11.3 Å². The molecule has 0 radical (unpaired) electrons. The molecule has 2 heterocycles. The molecular formula is C18H23N3O2S. The number of carbonyl (C=O) groups excluding carboxylic acids is 1. The van der Waals surface area contributed by atoms with Crippen molar-refractivity contribution in [2.24, 2.45) is 0 Å². The second-order valence-corrected chi connectivity index (χ2v) is 6.75. The molecule has 24 heavy (non-hydrogen) atoms. The van der Waals surface area contributed by atoms with Crippen LogP contribution in [-0.4, -0.2) is 43.8 Å². The monoisotopic (exact) mass is 345 g/mol. The molecule has 1 aromatic heterocycles. The van der Waals surface area contributed by atoms with Crippen molar-refractivity contribution in [1.29, 1.82) is 0 Å². The third-order valence-corrected chi connectivity index (χ3v) is 5.01. The van der Waals surface area contributed by atoms with Gasteiger partial charge >= 0.3 is 6.03 Å². The zero-order valence-corrected chi connectivity index (χ0v) is 14.4. The van der Waals surface area contributed by atoms with E-state index in [2.05, 4.69) is 27.7 Å². The van der Waals surface area contributed by atoms with Crippen LogP contribution < -0.4 is 10.6 Å². The minimum absolute atomic E-state index is 0.127. The lowest BCUT2D eigenvalue weighted by molar-refractivity contribution is 0.0167. The van der Waals surface area contributed by atoms with Crippen molar-refractivity contribution in [1.82, 2.24) is 15.5 Å². The predicted octanol–water partition coefficient (Wildman–Crippen LogP) is 2.62. The lowest BCUT2D eigenvalue weighted by Crippen LogP contribution is -2.45. The van der Waals surface area contributed by atoms with E-state index in [0.29, 0.717) is 13.1 Å². The van der Waals surface area contributed by atoms with Gasteiger partial charge in [-0.25, -0.2) is 4.79 Å². The summed E-state index contributed by atoms with van der Waals surface area (Å²) in [7, 11) is 0. The first-order chi connectivity index (χ1) is 11.8. The van der Waals surface area contributed by atoms with Crippen molar-refractivity contribution in [2.75, 3.05) is 32.8 Å². The van der Waals surface area contributed by atoms with E-state index in [1.807, 2.05) is 35.7 Å². The first kappa shape index (κ1) is 17.0. The van der Waals surface area contributed by atoms with Crippen LogP contribution in [0.3, 0.4) is 0 Å². The molecule has 1 aliphatic rings. The number of morpholine rings is 1. The summed E-state index contributed by atoms with van der Waals surface area (Å²) in [4.78, 5) is 15.6. The smallest absolute Gasteiger partial charge is 0.315 e. The SMILES string of the molecule is O=C(NCc1cccs1)NCC(c1ccccc1)N1CCOCC1. The minimum Gasteiger partial charge on any atom is -0.379 e. The van der Waals surface area contributed by atoms with Crippen molar-refractivity contribution in [3.63, 3.8) is 0 Å². The van der Waals surface area contributed by atoms with Crippen LogP contribution in [0.5, 0.6) is 0 Å². The lowest BCUT2D eigenvalue weighted by atomic mass is 10.0. The molecule has 0 bridgehead atoms. The van der Waals surface area contributed by atoms with Crippen molar-refractivity contribution in [3.8, 4) is 0 Å². The van der Waals surface area contributed by atoms with Gasteiger partial charge < -0.3 is 15.4 Å². The summed E-state index contributed by atoms with van der Waals surface area (Å²) in [5.74, 6) is 0. The number of nitrogens with one attached hydrogen (secondary N) is 2. The van der Waals surface area contributed by atoms with Gasteiger partial charge in [0.05, 0.1) is 25.8 Å². The maximum atomic E-state index is 12.1. The molecule has 2 N–H and O–H groups in total. The zero-order valence-electron chi connectivity index (χ0n) is 13.6. The number of hydrogen-bond acceptors (Lipinski definition) is 4. The zero-order chi connectivity index (χ0) is 16.6. The van der Waals surface area contributed by atoms with Gasteiger partial charge in [0.2, 0.25) is 0 Å². The highest BCUT2D eigenvalue weighted by molar-refractivity contribution is 7.09. The molecule has 0 saturated carbocycles. The molecule has 1 aromatic carbocycles. The summed E-state index contributed by atoms with van der Waals surface area (Å²) in [5, 5.41) is 7.94. The van der Waals surface area contributed by atoms with Crippen molar-refractivity contribution in [2.45, 2.75) is 12.6 Å². The van der Waals surface area contributed by atoms with E-state index in [1.54, 1.807) is 11.3 Å². The second kappa shape index (κ2) is 8.82. The molecular weight excluding hydrogens is 322 g/mol. The topological polar surface area (TPSA) is 53.6 Å². The Kier molecular flexibility index (Phi) is 6.23. The number of ether oxygens (including phenoxy) is 1. The quantitative estimate of drug-likeness (QED) is 0.846. The van der Waals surface area contributed by atoms with Gasteiger partial charge in [-0.1, -0.05) is 36.4 Å². The molecule has 0 aliphatic carbocycles. The molecule has 1 unspecified atom stereocenters. The third kappa shape index (κ3) is 4.80.